The third-order valence-electron chi connectivity index (χ3n) is 2.49. The highest BCUT2D eigenvalue weighted by atomic mass is 19.4. The van der Waals surface area contributed by atoms with Crippen molar-refractivity contribution in [1.82, 2.24) is 9.55 Å². The molecule has 1 heterocycles. The summed E-state index contributed by atoms with van der Waals surface area (Å²) in [5.41, 5.74) is 2.35. The second kappa shape index (κ2) is 3.50. The molecule has 2 nitrogen and oxygen atoms in total. The number of imidazole rings is 1. The summed E-state index contributed by atoms with van der Waals surface area (Å²) in [6.07, 6.45) is -5.21. The molecule has 0 saturated carbocycles. The van der Waals surface area contributed by atoms with E-state index in [1.807, 2.05) is 19.1 Å². The molecule has 0 aliphatic rings. The summed E-state index contributed by atoms with van der Waals surface area (Å²) in [7, 11) is 1.61. The van der Waals surface area contributed by atoms with Gasteiger partial charge in [0.15, 0.2) is 0 Å². The smallest absolute Gasteiger partial charge is 0.331 e. The number of nitrogens with zero attached hydrogens (tertiary/aromatic N) is 2. The number of halogens is 3. The molecule has 0 saturated heterocycles. The van der Waals surface area contributed by atoms with Gasteiger partial charge in [-0.25, -0.2) is 4.98 Å². The largest absolute Gasteiger partial charge is 0.396 e. The van der Waals surface area contributed by atoms with Gasteiger partial charge in [0.05, 0.1) is 11.0 Å². The van der Waals surface area contributed by atoms with Crippen molar-refractivity contribution in [2.24, 2.45) is 7.05 Å². The average Bonchev–Trinajstić information content (AvgIpc) is 2.42. The number of hydrogen-bond acceptors (Lipinski definition) is 1. The predicted molar refractivity (Wildman–Crippen MR) is 55.2 cm³/mol. The van der Waals surface area contributed by atoms with Crippen LogP contribution in [0.4, 0.5) is 13.2 Å². The minimum absolute atomic E-state index is 0.0492. The van der Waals surface area contributed by atoms with Gasteiger partial charge < -0.3 is 4.57 Å². The monoisotopic (exact) mass is 228 g/mol. The second-order valence-electron chi connectivity index (χ2n) is 3.87. The molecule has 0 fully saturated rings. The van der Waals surface area contributed by atoms with Gasteiger partial charge in [0.25, 0.3) is 0 Å². The summed E-state index contributed by atoms with van der Waals surface area (Å²) in [5, 5.41) is 0. The first kappa shape index (κ1) is 11.0. The van der Waals surface area contributed by atoms with Crippen LogP contribution in [0.2, 0.25) is 0 Å². The van der Waals surface area contributed by atoms with Gasteiger partial charge >= 0.3 is 6.18 Å². The number of benzene rings is 1. The maximum atomic E-state index is 12.3. The average molecular weight is 228 g/mol. The lowest BCUT2D eigenvalue weighted by molar-refractivity contribution is -0.128. The van der Waals surface area contributed by atoms with Crippen molar-refractivity contribution in [3.05, 3.63) is 29.6 Å². The van der Waals surface area contributed by atoms with Crippen molar-refractivity contribution >= 4 is 11.0 Å². The van der Waals surface area contributed by atoms with E-state index in [1.165, 1.54) is 4.57 Å². The summed E-state index contributed by atoms with van der Waals surface area (Å²) in [4.78, 5) is 3.98. The molecule has 1 aromatic carbocycles. The molecule has 0 unspecified atom stereocenters. The minimum atomic E-state index is -4.22. The van der Waals surface area contributed by atoms with Crippen molar-refractivity contribution < 1.29 is 13.2 Å². The van der Waals surface area contributed by atoms with Gasteiger partial charge in [-0.3, -0.25) is 0 Å². The molecule has 5 heteroatoms. The number of hydrogen-bond donors (Lipinski definition) is 0. The fourth-order valence-electron chi connectivity index (χ4n) is 1.69. The molecule has 0 amide bonds. The Labute approximate surface area is 90.7 Å². The summed E-state index contributed by atoms with van der Waals surface area (Å²) >= 11 is 0. The molecule has 0 aliphatic heterocycles. The minimum Gasteiger partial charge on any atom is -0.331 e. The predicted octanol–water partition coefficient (Wildman–Crippen LogP) is 2.99. The molecule has 0 aliphatic carbocycles. The first-order chi connectivity index (χ1) is 7.37. The van der Waals surface area contributed by atoms with Crippen molar-refractivity contribution in [1.29, 1.82) is 0 Å². The molecule has 86 valence electrons. The highest BCUT2D eigenvalue weighted by molar-refractivity contribution is 5.76. The van der Waals surface area contributed by atoms with Gasteiger partial charge in [-0.1, -0.05) is 6.07 Å². The van der Waals surface area contributed by atoms with Gasteiger partial charge in [0.1, 0.15) is 12.2 Å². The normalized spacial score (nSPS) is 12.3. The molecular formula is C11H11F3N2. The maximum Gasteiger partial charge on any atom is 0.396 e. The SMILES string of the molecule is Cc1ccc2nc(CC(F)(F)F)n(C)c2c1. The molecule has 0 atom stereocenters. The Bertz CT molecular complexity index is 526. The van der Waals surface area contributed by atoms with Gasteiger partial charge in [0.2, 0.25) is 0 Å². The molecular weight excluding hydrogens is 217 g/mol. The van der Waals surface area contributed by atoms with Crippen LogP contribution in [0.25, 0.3) is 11.0 Å². The van der Waals surface area contributed by atoms with Crippen LogP contribution in [0.15, 0.2) is 18.2 Å². The highest BCUT2D eigenvalue weighted by Gasteiger charge is 2.30. The van der Waals surface area contributed by atoms with Crippen LogP contribution in [-0.4, -0.2) is 15.7 Å². The van der Waals surface area contributed by atoms with E-state index < -0.39 is 12.6 Å². The number of rotatable bonds is 1. The Morgan fingerprint density at radius 3 is 2.62 bits per heavy atom. The molecule has 2 rings (SSSR count). The van der Waals surface area contributed by atoms with Crippen LogP contribution >= 0.6 is 0 Å². The molecule has 0 radical (unpaired) electrons. The lowest BCUT2D eigenvalue weighted by Crippen LogP contribution is -2.15. The lowest BCUT2D eigenvalue weighted by Gasteiger charge is -2.05. The van der Waals surface area contributed by atoms with E-state index in [1.54, 1.807) is 13.1 Å². The van der Waals surface area contributed by atoms with Gasteiger partial charge in [-0.05, 0) is 24.6 Å². The standard InChI is InChI=1S/C11H11F3N2/c1-7-3-4-8-9(5-7)16(2)10(15-8)6-11(12,13)14/h3-5H,6H2,1-2H3. The van der Waals surface area contributed by atoms with Crippen LogP contribution in [0, 0.1) is 6.92 Å². The number of alkyl halides is 3. The van der Waals surface area contributed by atoms with E-state index in [4.69, 9.17) is 0 Å². The molecule has 16 heavy (non-hydrogen) atoms. The van der Waals surface area contributed by atoms with Crippen molar-refractivity contribution in [2.45, 2.75) is 19.5 Å². The Kier molecular flexibility index (Phi) is 2.40. The Hall–Kier alpha value is -1.52. The van der Waals surface area contributed by atoms with Crippen LogP contribution in [0.1, 0.15) is 11.4 Å². The zero-order valence-electron chi connectivity index (χ0n) is 8.97. The zero-order chi connectivity index (χ0) is 11.9. The number of aromatic nitrogens is 2. The van der Waals surface area contributed by atoms with E-state index in [0.29, 0.717) is 5.52 Å². The molecule has 0 spiro atoms. The van der Waals surface area contributed by atoms with E-state index >= 15 is 0 Å². The first-order valence-electron chi connectivity index (χ1n) is 4.85. The highest BCUT2D eigenvalue weighted by Crippen LogP contribution is 2.23. The van der Waals surface area contributed by atoms with Crippen molar-refractivity contribution in [3.63, 3.8) is 0 Å². The molecule has 0 bridgehead atoms. The van der Waals surface area contributed by atoms with Crippen molar-refractivity contribution in [3.8, 4) is 0 Å². The zero-order valence-corrected chi connectivity index (χ0v) is 8.97. The van der Waals surface area contributed by atoms with Gasteiger partial charge in [0, 0.05) is 7.05 Å². The fourth-order valence-corrected chi connectivity index (χ4v) is 1.69. The molecule has 1 aromatic heterocycles. The van der Waals surface area contributed by atoms with Gasteiger partial charge in [-0.15, -0.1) is 0 Å². The quantitative estimate of drug-likeness (QED) is 0.733. The second-order valence-corrected chi connectivity index (χ2v) is 3.87. The summed E-state index contributed by atoms with van der Waals surface area (Å²) in [6.45, 7) is 1.90. The van der Waals surface area contributed by atoms with E-state index in [9.17, 15) is 13.2 Å². The van der Waals surface area contributed by atoms with Crippen LogP contribution in [0.5, 0.6) is 0 Å². The number of aryl methyl sites for hydroxylation is 2. The third-order valence-corrected chi connectivity index (χ3v) is 2.49. The van der Waals surface area contributed by atoms with Crippen LogP contribution in [0.3, 0.4) is 0 Å². The summed E-state index contributed by atoms with van der Waals surface area (Å²) in [6, 6.07) is 5.42. The topological polar surface area (TPSA) is 17.8 Å². The lowest BCUT2D eigenvalue weighted by atomic mass is 10.2. The van der Waals surface area contributed by atoms with Crippen LogP contribution in [-0.2, 0) is 13.5 Å². The summed E-state index contributed by atoms with van der Waals surface area (Å²) in [5.74, 6) is 0.0492. The number of fused-ring (bicyclic) bond motifs is 1. The van der Waals surface area contributed by atoms with Crippen molar-refractivity contribution in [2.75, 3.05) is 0 Å². The van der Waals surface area contributed by atoms with Crippen LogP contribution < -0.4 is 0 Å². The van der Waals surface area contributed by atoms with E-state index in [2.05, 4.69) is 4.98 Å². The Morgan fingerprint density at radius 1 is 1.31 bits per heavy atom. The third kappa shape index (κ3) is 2.03. The van der Waals surface area contributed by atoms with Gasteiger partial charge in [-0.2, -0.15) is 13.2 Å². The maximum absolute atomic E-state index is 12.3. The Balaban J connectivity index is 2.52. The Morgan fingerprint density at radius 2 is 2.00 bits per heavy atom. The van der Waals surface area contributed by atoms with E-state index in [-0.39, 0.29) is 5.82 Å². The fraction of sp³-hybridized carbons (Fsp3) is 0.364. The molecule has 2 aromatic rings. The molecule has 0 N–H and O–H groups in total. The first-order valence-corrected chi connectivity index (χ1v) is 4.85. The van der Waals surface area contributed by atoms with E-state index in [0.717, 1.165) is 11.1 Å². The summed E-state index contributed by atoms with van der Waals surface area (Å²) < 4.78 is 38.3.